The van der Waals surface area contributed by atoms with E-state index in [2.05, 4.69) is 0 Å². The standard InChI is InChI=1S/C21H24O4/c1-4-18(25-20(23)17-13-9-6-10-14-17)21(2,3)15-24-19(22)16-11-7-5-8-12-16/h5-14,18H,4,15H2,1-3H3. The lowest BCUT2D eigenvalue weighted by molar-refractivity contribution is -0.0357. The van der Waals surface area contributed by atoms with Crippen LogP contribution in [0.1, 0.15) is 47.9 Å². The van der Waals surface area contributed by atoms with Gasteiger partial charge in [-0.2, -0.15) is 0 Å². The number of carbonyl (C=O) groups is 2. The SMILES string of the molecule is CCC(OC(=O)c1ccccc1)C(C)(C)COC(=O)c1ccccc1. The van der Waals surface area contributed by atoms with Crippen molar-refractivity contribution in [3.8, 4) is 0 Å². The van der Waals surface area contributed by atoms with Gasteiger partial charge in [0.15, 0.2) is 0 Å². The van der Waals surface area contributed by atoms with Crippen LogP contribution in [0.25, 0.3) is 0 Å². The summed E-state index contributed by atoms with van der Waals surface area (Å²) < 4.78 is 11.1. The molecule has 0 N–H and O–H groups in total. The molecule has 1 unspecified atom stereocenters. The molecular weight excluding hydrogens is 316 g/mol. The van der Waals surface area contributed by atoms with E-state index in [0.717, 1.165) is 0 Å². The molecule has 132 valence electrons. The largest absolute Gasteiger partial charge is 0.461 e. The van der Waals surface area contributed by atoms with Gasteiger partial charge in [-0.1, -0.05) is 57.2 Å². The zero-order valence-electron chi connectivity index (χ0n) is 14.9. The van der Waals surface area contributed by atoms with Crippen molar-refractivity contribution in [3.63, 3.8) is 0 Å². The Labute approximate surface area is 148 Å². The third-order valence-corrected chi connectivity index (χ3v) is 4.09. The second-order valence-corrected chi connectivity index (χ2v) is 6.60. The fourth-order valence-electron chi connectivity index (χ4n) is 2.57. The normalized spacial score (nSPS) is 12.3. The molecule has 4 nitrogen and oxygen atoms in total. The summed E-state index contributed by atoms with van der Waals surface area (Å²) in [6.45, 7) is 5.97. The predicted octanol–water partition coefficient (Wildman–Crippen LogP) is 4.51. The molecule has 0 bridgehead atoms. The summed E-state index contributed by atoms with van der Waals surface area (Å²) in [5.74, 6) is -0.743. The van der Waals surface area contributed by atoms with Gasteiger partial charge in [-0.25, -0.2) is 9.59 Å². The van der Waals surface area contributed by atoms with E-state index in [1.807, 2.05) is 32.9 Å². The van der Waals surface area contributed by atoms with E-state index < -0.39 is 5.41 Å². The molecule has 2 aromatic carbocycles. The molecule has 0 aliphatic heterocycles. The number of ether oxygens (including phenoxy) is 2. The van der Waals surface area contributed by atoms with Gasteiger partial charge in [0.1, 0.15) is 12.7 Å². The van der Waals surface area contributed by atoms with Crippen LogP contribution < -0.4 is 0 Å². The van der Waals surface area contributed by atoms with Crippen LogP contribution in [0.5, 0.6) is 0 Å². The van der Waals surface area contributed by atoms with Crippen molar-refractivity contribution in [2.75, 3.05) is 6.61 Å². The molecular formula is C21H24O4. The number of rotatable bonds is 7. The van der Waals surface area contributed by atoms with Crippen LogP contribution >= 0.6 is 0 Å². The Morgan fingerprint density at radius 3 is 1.84 bits per heavy atom. The molecule has 2 aromatic rings. The van der Waals surface area contributed by atoms with E-state index in [-0.39, 0.29) is 24.6 Å². The van der Waals surface area contributed by atoms with Gasteiger partial charge in [0.05, 0.1) is 11.1 Å². The summed E-state index contributed by atoms with van der Waals surface area (Å²) in [5.41, 5.74) is 0.523. The molecule has 0 aromatic heterocycles. The summed E-state index contributed by atoms with van der Waals surface area (Å²) in [4.78, 5) is 24.4. The van der Waals surface area contributed by atoms with Gasteiger partial charge in [0.25, 0.3) is 0 Å². The summed E-state index contributed by atoms with van der Waals surface area (Å²) in [6.07, 6.45) is 0.276. The second-order valence-electron chi connectivity index (χ2n) is 6.60. The van der Waals surface area contributed by atoms with Gasteiger partial charge >= 0.3 is 11.9 Å². The number of benzene rings is 2. The first kappa shape index (κ1) is 18.7. The highest BCUT2D eigenvalue weighted by molar-refractivity contribution is 5.90. The molecule has 0 spiro atoms. The van der Waals surface area contributed by atoms with Gasteiger partial charge < -0.3 is 9.47 Å². The van der Waals surface area contributed by atoms with Gasteiger partial charge in [-0.05, 0) is 30.7 Å². The number of hydrogen-bond donors (Lipinski definition) is 0. The minimum absolute atomic E-state index is 0.168. The molecule has 0 fully saturated rings. The molecule has 0 saturated carbocycles. The van der Waals surface area contributed by atoms with Crippen molar-refractivity contribution < 1.29 is 19.1 Å². The van der Waals surface area contributed by atoms with Gasteiger partial charge in [0.2, 0.25) is 0 Å². The molecule has 0 amide bonds. The quantitative estimate of drug-likeness (QED) is 0.696. The zero-order valence-corrected chi connectivity index (χ0v) is 14.9. The van der Waals surface area contributed by atoms with Crippen molar-refractivity contribution >= 4 is 11.9 Å². The highest BCUT2D eigenvalue weighted by Crippen LogP contribution is 2.27. The fourth-order valence-corrected chi connectivity index (χ4v) is 2.57. The van der Waals surface area contributed by atoms with Crippen LogP contribution in [0.2, 0.25) is 0 Å². The molecule has 0 aliphatic rings. The minimum Gasteiger partial charge on any atom is -0.461 e. The average molecular weight is 340 g/mol. The zero-order chi connectivity index (χ0) is 18.3. The van der Waals surface area contributed by atoms with Crippen LogP contribution in [0.15, 0.2) is 60.7 Å². The smallest absolute Gasteiger partial charge is 0.338 e. The Kier molecular flexibility index (Phi) is 6.34. The van der Waals surface area contributed by atoms with Crippen molar-refractivity contribution in [1.29, 1.82) is 0 Å². The average Bonchev–Trinajstić information content (AvgIpc) is 2.65. The monoisotopic (exact) mass is 340 g/mol. The third-order valence-electron chi connectivity index (χ3n) is 4.09. The van der Waals surface area contributed by atoms with Crippen LogP contribution in [-0.4, -0.2) is 24.6 Å². The molecule has 0 aliphatic carbocycles. The highest BCUT2D eigenvalue weighted by Gasteiger charge is 2.33. The molecule has 0 saturated heterocycles. The molecule has 25 heavy (non-hydrogen) atoms. The summed E-state index contributed by atoms with van der Waals surface area (Å²) in [7, 11) is 0. The van der Waals surface area contributed by atoms with Crippen LogP contribution in [-0.2, 0) is 9.47 Å². The lowest BCUT2D eigenvalue weighted by Crippen LogP contribution is -2.38. The molecule has 0 radical (unpaired) electrons. The number of esters is 2. The van der Waals surface area contributed by atoms with Crippen LogP contribution in [0.4, 0.5) is 0 Å². The van der Waals surface area contributed by atoms with Crippen molar-refractivity contribution in [1.82, 2.24) is 0 Å². The first-order valence-electron chi connectivity index (χ1n) is 8.42. The third kappa shape index (κ3) is 5.18. The topological polar surface area (TPSA) is 52.6 Å². The van der Waals surface area contributed by atoms with E-state index in [9.17, 15) is 9.59 Å². The van der Waals surface area contributed by atoms with E-state index in [4.69, 9.17) is 9.47 Å². The number of hydrogen-bond acceptors (Lipinski definition) is 4. The molecule has 1 atom stereocenters. The van der Waals surface area contributed by atoms with E-state index in [0.29, 0.717) is 17.5 Å². The van der Waals surface area contributed by atoms with Gasteiger partial charge in [0, 0.05) is 5.41 Å². The summed E-state index contributed by atoms with van der Waals surface area (Å²) in [5, 5.41) is 0. The van der Waals surface area contributed by atoms with Gasteiger partial charge in [-0.15, -0.1) is 0 Å². The minimum atomic E-state index is -0.496. The van der Waals surface area contributed by atoms with Crippen molar-refractivity contribution in [3.05, 3.63) is 71.8 Å². The Morgan fingerprint density at radius 1 is 0.880 bits per heavy atom. The van der Waals surface area contributed by atoms with Crippen LogP contribution in [0, 0.1) is 5.41 Å². The first-order chi connectivity index (χ1) is 11.9. The second kappa shape index (κ2) is 8.47. The van der Waals surface area contributed by atoms with E-state index >= 15 is 0 Å². The molecule has 4 heteroatoms. The van der Waals surface area contributed by atoms with Gasteiger partial charge in [-0.3, -0.25) is 0 Å². The van der Waals surface area contributed by atoms with E-state index in [1.54, 1.807) is 48.5 Å². The lowest BCUT2D eigenvalue weighted by atomic mass is 9.85. The molecule has 0 heterocycles. The van der Waals surface area contributed by atoms with E-state index in [1.165, 1.54) is 0 Å². The maximum atomic E-state index is 12.3. The Balaban J connectivity index is 1.98. The van der Waals surface area contributed by atoms with Crippen molar-refractivity contribution in [2.45, 2.75) is 33.3 Å². The maximum absolute atomic E-state index is 12.3. The Morgan fingerprint density at radius 2 is 1.36 bits per heavy atom. The first-order valence-corrected chi connectivity index (χ1v) is 8.42. The molecule has 2 rings (SSSR count). The fraction of sp³-hybridized carbons (Fsp3) is 0.333. The Bertz CT molecular complexity index is 692. The summed E-state index contributed by atoms with van der Waals surface area (Å²) in [6, 6.07) is 17.7. The van der Waals surface area contributed by atoms with Crippen LogP contribution in [0.3, 0.4) is 0 Å². The predicted molar refractivity (Wildman–Crippen MR) is 96.4 cm³/mol. The lowest BCUT2D eigenvalue weighted by Gasteiger charge is -2.32. The summed E-state index contributed by atoms with van der Waals surface area (Å²) >= 11 is 0. The van der Waals surface area contributed by atoms with Crippen molar-refractivity contribution in [2.24, 2.45) is 5.41 Å². The number of carbonyl (C=O) groups excluding carboxylic acids is 2. The maximum Gasteiger partial charge on any atom is 0.338 e. The highest BCUT2D eigenvalue weighted by atomic mass is 16.6. The Hall–Kier alpha value is -2.62.